The van der Waals surface area contributed by atoms with Gasteiger partial charge in [-0.1, -0.05) is 47.6 Å². The van der Waals surface area contributed by atoms with Crippen molar-refractivity contribution in [1.82, 2.24) is 0 Å². The highest BCUT2D eigenvalue weighted by Crippen LogP contribution is 2.31. The van der Waals surface area contributed by atoms with Gasteiger partial charge in [-0.15, -0.1) is 0 Å². The predicted molar refractivity (Wildman–Crippen MR) is 48.2 cm³/mol. The van der Waals surface area contributed by atoms with E-state index in [0.717, 1.165) is 0 Å². The Balaban J connectivity index is 2.33. The summed E-state index contributed by atoms with van der Waals surface area (Å²) in [5.41, 5.74) is 3.04. The lowest BCUT2D eigenvalue weighted by Gasteiger charge is -2.01. The summed E-state index contributed by atoms with van der Waals surface area (Å²) < 4.78 is 0. The molecule has 0 aromatic carbocycles. The molecule has 56 valence electrons. The fourth-order valence-corrected chi connectivity index (χ4v) is 1.69. The van der Waals surface area contributed by atoms with Crippen LogP contribution in [0.5, 0.6) is 0 Å². The highest BCUT2D eigenvalue weighted by Gasteiger charge is 2.15. The van der Waals surface area contributed by atoms with Gasteiger partial charge in [0.1, 0.15) is 0 Å². The third-order valence-corrected chi connectivity index (χ3v) is 2.23. The molecular weight excluding hydrogens is 132 g/mol. The zero-order valence-electron chi connectivity index (χ0n) is 6.75. The topological polar surface area (TPSA) is 0 Å². The summed E-state index contributed by atoms with van der Waals surface area (Å²) in [7, 11) is 0. The van der Waals surface area contributed by atoms with Crippen molar-refractivity contribution in [2.24, 2.45) is 5.92 Å². The van der Waals surface area contributed by atoms with Crippen molar-refractivity contribution in [2.45, 2.75) is 13.3 Å². The number of hydrogen-bond acceptors (Lipinski definition) is 0. The molecule has 0 aliphatic heterocycles. The van der Waals surface area contributed by atoms with Crippen LogP contribution in [-0.4, -0.2) is 0 Å². The molecule has 2 rings (SSSR count). The number of hydrogen-bond donors (Lipinski definition) is 0. The molecule has 0 nitrogen and oxygen atoms in total. The molecule has 1 unspecified atom stereocenters. The molecule has 2 aliphatic rings. The van der Waals surface area contributed by atoms with Crippen LogP contribution in [0.1, 0.15) is 13.3 Å². The Morgan fingerprint density at radius 1 is 1.27 bits per heavy atom. The van der Waals surface area contributed by atoms with Crippen molar-refractivity contribution in [3.05, 3.63) is 47.6 Å². The van der Waals surface area contributed by atoms with E-state index in [2.05, 4.69) is 43.4 Å². The standard InChI is InChI=1S/C11H12/c1-9-7-10-5-3-2-4-6-11(10)8-9/h2-7,10H,8H2,1H3. The van der Waals surface area contributed by atoms with Crippen LogP contribution in [0, 0.1) is 5.92 Å². The van der Waals surface area contributed by atoms with Gasteiger partial charge in [0.15, 0.2) is 0 Å². The second kappa shape index (κ2) is 2.54. The lowest BCUT2D eigenvalue weighted by atomic mass is 10.0. The van der Waals surface area contributed by atoms with Crippen LogP contribution in [-0.2, 0) is 0 Å². The van der Waals surface area contributed by atoms with Gasteiger partial charge in [0.05, 0.1) is 0 Å². The quantitative estimate of drug-likeness (QED) is 0.458. The SMILES string of the molecule is CC1=CC2C=CC=CC=C2C1. The number of rotatable bonds is 0. The molecule has 0 saturated heterocycles. The fraction of sp³-hybridized carbons (Fsp3) is 0.273. The lowest BCUT2D eigenvalue weighted by Crippen LogP contribution is -1.88. The monoisotopic (exact) mass is 144 g/mol. The lowest BCUT2D eigenvalue weighted by molar-refractivity contribution is 0.981. The molecule has 0 heterocycles. The van der Waals surface area contributed by atoms with E-state index in [1.54, 1.807) is 0 Å². The van der Waals surface area contributed by atoms with Gasteiger partial charge in [0, 0.05) is 5.92 Å². The smallest absolute Gasteiger partial charge is 0.0169 e. The predicted octanol–water partition coefficient (Wildman–Crippen LogP) is 3.01. The van der Waals surface area contributed by atoms with E-state index in [4.69, 9.17) is 0 Å². The van der Waals surface area contributed by atoms with E-state index in [1.165, 1.54) is 17.6 Å². The zero-order chi connectivity index (χ0) is 7.68. The summed E-state index contributed by atoms with van der Waals surface area (Å²) in [6.45, 7) is 2.20. The summed E-state index contributed by atoms with van der Waals surface area (Å²) in [4.78, 5) is 0. The number of allylic oxidation sites excluding steroid dienone is 8. The van der Waals surface area contributed by atoms with Crippen LogP contribution in [0.15, 0.2) is 47.6 Å². The Hall–Kier alpha value is -1.04. The molecule has 0 amide bonds. The van der Waals surface area contributed by atoms with Crippen molar-refractivity contribution in [1.29, 1.82) is 0 Å². The van der Waals surface area contributed by atoms with Crippen molar-refractivity contribution < 1.29 is 0 Å². The second-order valence-electron chi connectivity index (χ2n) is 3.23. The Bertz CT molecular complexity index is 274. The first-order chi connectivity index (χ1) is 5.36. The van der Waals surface area contributed by atoms with Crippen LogP contribution in [0.4, 0.5) is 0 Å². The minimum Gasteiger partial charge on any atom is -0.0743 e. The zero-order valence-corrected chi connectivity index (χ0v) is 6.75. The van der Waals surface area contributed by atoms with Crippen molar-refractivity contribution in [2.75, 3.05) is 0 Å². The molecule has 0 radical (unpaired) electrons. The van der Waals surface area contributed by atoms with Gasteiger partial charge in [0.25, 0.3) is 0 Å². The van der Waals surface area contributed by atoms with Crippen molar-refractivity contribution in [3.8, 4) is 0 Å². The van der Waals surface area contributed by atoms with Crippen LogP contribution in [0.25, 0.3) is 0 Å². The van der Waals surface area contributed by atoms with Gasteiger partial charge in [-0.2, -0.15) is 0 Å². The van der Waals surface area contributed by atoms with E-state index in [-0.39, 0.29) is 0 Å². The molecular formula is C11H12. The van der Waals surface area contributed by atoms with Crippen LogP contribution in [0.2, 0.25) is 0 Å². The molecule has 0 N–H and O–H groups in total. The van der Waals surface area contributed by atoms with E-state index < -0.39 is 0 Å². The number of fused-ring (bicyclic) bond motifs is 1. The summed E-state index contributed by atoms with van der Waals surface area (Å²) in [5.74, 6) is 0.588. The molecule has 1 atom stereocenters. The normalized spacial score (nSPS) is 27.5. The van der Waals surface area contributed by atoms with E-state index in [9.17, 15) is 0 Å². The molecule has 0 fully saturated rings. The highest BCUT2D eigenvalue weighted by atomic mass is 14.2. The van der Waals surface area contributed by atoms with Crippen LogP contribution >= 0.6 is 0 Å². The van der Waals surface area contributed by atoms with Crippen molar-refractivity contribution in [3.63, 3.8) is 0 Å². The molecule has 0 heteroatoms. The van der Waals surface area contributed by atoms with E-state index in [0.29, 0.717) is 5.92 Å². The van der Waals surface area contributed by atoms with Gasteiger partial charge >= 0.3 is 0 Å². The van der Waals surface area contributed by atoms with E-state index in [1.807, 2.05) is 0 Å². The second-order valence-corrected chi connectivity index (χ2v) is 3.23. The maximum Gasteiger partial charge on any atom is 0.0169 e. The summed E-state index contributed by atoms with van der Waals surface area (Å²) in [6.07, 6.45) is 14.3. The largest absolute Gasteiger partial charge is 0.0743 e. The first-order valence-electron chi connectivity index (χ1n) is 4.07. The average molecular weight is 144 g/mol. The molecule has 0 spiro atoms. The molecule has 11 heavy (non-hydrogen) atoms. The van der Waals surface area contributed by atoms with Crippen LogP contribution in [0.3, 0.4) is 0 Å². The summed E-state index contributed by atoms with van der Waals surface area (Å²) in [6, 6.07) is 0. The first-order valence-corrected chi connectivity index (χ1v) is 4.07. The molecule has 0 saturated carbocycles. The fourth-order valence-electron chi connectivity index (χ4n) is 1.69. The molecule has 0 bridgehead atoms. The van der Waals surface area contributed by atoms with Gasteiger partial charge in [-0.25, -0.2) is 0 Å². The molecule has 2 aliphatic carbocycles. The van der Waals surface area contributed by atoms with Crippen LogP contribution < -0.4 is 0 Å². The first kappa shape index (κ1) is 6.66. The Morgan fingerprint density at radius 2 is 2.18 bits per heavy atom. The van der Waals surface area contributed by atoms with Crippen molar-refractivity contribution >= 4 is 0 Å². The third-order valence-electron chi connectivity index (χ3n) is 2.23. The minimum absolute atomic E-state index is 0.588. The van der Waals surface area contributed by atoms with E-state index >= 15 is 0 Å². The average Bonchev–Trinajstić information content (AvgIpc) is 2.17. The summed E-state index contributed by atoms with van der Waals surface area (Å²) in [5, 5.41) is 0. The highest BCUT2D eigenvalue weighted by molar-refractivity contribution is 5.38. The van der Waals surface area contributed by atoms with Gasteiger partial charge in [-0.05, 0) is 13.3 Å². The van der Waals surface area contributed by atoms with Gasteiger partial charge in [0.2, 0.25) is 0 Å². The third kappa shape index (κ3) is 1.21. The molecule has 0 aromatic heterocycles. The maximum absolute atomic E-state index is 2.34. The Labute approximate surface area is 67.6 Å². The Kier molecular flexibility index (Phi) is 1.54. The molecule has 0 aromatic rings. The minimum atomic E-state index is 0.588. The Morgan fingerprint density at radius 3 is 3.09 bits per heavy atom. The summed E-state index contributed by atoms with van der Waals surface area (Å²) >= 11 is 0. The maximum atomic E-state index is 2.34. The van der Waals surface area contributed by atoms with Gasteiger partial charge < -0.3 is 0 Å². The van der Waals surface area contributed by atoms with Gasteiger partial charge in [-0.3, -0.25) is 0 Å².